The number of aromatic nitrogens is 2. The molecule has 0 spiro atoms. The Morgan fingerprint density at radius 2 is 2.20 bits per heavy atom. The summed E-state index contributed by atoms with van der Waals surface area (Å²) in [6.07, 6.45) is 1.13. The van der Waals surface area contributed by atoms with Crippen LogP contribution in [0.3, 0.4) is 0 Å². The molecule has 3 N–H and O–H groups in total. The summed E-state index contributed by atoms with van der Waals surface area (Å²) in [5.41, 5.74) is 0.0838. The molecule has 20 heavy (non-hydrogen) atoms. The van der Waals surface area contributed by atoms with Crippen LogP contribution in [0.4, 0.5) is 4.39 Å². The number of carboxylic acids is 1. The maximum atomic E-state index is 13.1. The molecule has 0 aliphatic rings. The molecule has 1 aromatic heterocycles. The number of hydrogen-bond acceptors (Lipinski definition) is 3. The Hall–Kier alpha value is -2.70. The third-order valence-electron chi connectivity index (χ3n) is 2.76. The number of carbonyl (C=O) groups excluding carboxylic acids is 1. The predicted octanol–water partition coefficient (Wildman–Crippen LogP) is 1.74. The number of amides is 1. The third kappa shape index (κ3) is 2.82. The summed E-state index contributed by atoms with van der Waals surface area (Å²) in [6, 6.07) is 5.32. The van der Waals surface area contributed by atoms with Crippen molar-refractivity contribution in [1.82, 2.24) is 15.3 Å². The van der Waals surface area contributed by atoms with Crippen molar-refractivity contribution in [1.29, 1.82) is 0 Å². The van der Waals surface area contributed by atoms with E-state index in [0.717, 1.165) is 6.33 Å². The Bertz CT molecular complexity index is 654. The average Bonchev–Trinajstić information content (AvgIpc) is 2.88. The number of carboxylic acid groups (broad SMARTS) is 1. The van der Waals surface area contributed by atoms with Gasteiger partial charge in [-0.2, -0.15) is 0 Å². The van der Waals surface area contributed by atoms with Gasteiger partial charge < -0.3 is 15.4 Å². The number of imidazole rings is 1. The number of benzene rings is 1. The smallest absolute Gasteiger partial charge is 0.354 e. The molecular formula is C13H12FN3O3. The van der Waals surface area contributed by atoms with Crippen molar-refractivity contribution in [3.8, 4) is 0 Å². The van der Waals surface area contributed by atoms with E-state index in [1.54, 1.807) is 13.0 Å². The predicted molar refractivity (Wildman–Crippen MR) is 67.8 cm³/mol. The van der Waals surface area contributed by atoms with Crippen LogP contribution in [0, 0.1) is 5.82 Å². The Labute approximate surface area is 113 Å². The molecule has 0 saturated heterocycles. The number of halogens is 1. The normalized spacial score (nSPS) is 11.9. The maximum Gasteiger partial charge on any atom is 0.354 e. The van der Waals surface area contributed by atoms with Crippen LogP contribution in [-0.4, -0.2) is 27.0 Å². The molecule has 0 aliphatic heterocycles. The van der Waals surface area contributed by atoms with Gasteiger partial charge in [0.1, 0.15) is 5.82 Å². The highest BCUT2D eigenvalue weighted by Gasteiger charge is 2.21. The van der Waals surface area contributed by atoms with Gasteiger partial charge >= 0.3 is 5.97 Å². The van der Waals surface area contributed by atoms with Crippen molar-refractivity contribution < 1.29 is 19.1 Å². The zero-order chi connectivity index (χ0) is 14.7. The number of aromatic carboxylic acids is 1. The molecule has 0 bridgehead atoms. The molecule has 2 rings (SSSR count). The lowest BCUT2D eigenvalue weighted by molar-refractivity contribution is 0.0684. The molecule has 1 amide bonds. The highest BCUT2D eigenvalue weighted by Crippen LogP contribution is 2.14. The summed E-state index contributed by atoms with van der Waals surface area (Å²) in [7, 11) is 0. The van der Waals surface area contributed by atoms with Gasteiger partial charge in [0.2, 0.25) is 0 Å². The third-order valence-corrected chi connectivity index (χ3v) is 2.76. The van der Waals surface area contributed by atoms with E-state index >= 15 is 0 Å². The number of rotatable bonds is 4. The lowest BCUT2D eigenvalue weighted by Gasteiger charge is -2.13. The highest BCUT2D eigenvalue weighted by atomic mass is 19.1. The topological polar surface area (TPSA) is 95.1 Å². The van der Waals surface area contributed by atoms with Crippen molar-refractivity contribution in [2.45, 2.75) is 13.0 Å². The first kappa shape index (κ1) is 13.7. The van der Waals surface area contributed by atoms with E-state index in [-0.39, 0.29) is 11.4 Å². The van der Waals surface area contributed by atoms with E-state index in [9.17, 15) is 14.0 Å². The van der Waals surface area contributed by atoms with Crippen LogP contribution in [0.15, 0.2) is 30.6 Å². The van der Waals surface area contributed by atoms with Crippen LogP contribution in [0.5, 0.6) is 0 Å². The molecule has 6 nitrogen and oxygen atoms in total. The van der Waals surface area contributed by atoms with Gasteiger partial charge in [-0.1, -0.05) is 12.1 Å². The fraction of sp³-hybridized carbons (Fsp3) is 0.154. The fourth-order valence-electron chi connectivity index (χ4n) is 1.75. The Kier molecular flexibility index (Phi) is 3.79. The van der Waals surface area contributed by atoms with Gasteiger partial charge in [0, 0.05) is 0 Å². The van der Waals surface area contributed by atoms with E-state index in [4.69, 9.17) is 5.11 Å². The Morgan fingerprint density at radius 1 is 1.45 bits per heavy atom. The molecule has 1 heterocycles. The van der Waals surface area contributed by atoms with Gasteiger partial charge in [0.25, 0.3) is 5.91 Å². The summed E-state index contributed by atoms with van der Waals surface area (Å²) in [5, 5.41) is 11.5. The van der Waals surface area contributed by atoms with E-state index in [2.05, 4.69) is 15.3 Å². The number of aromatic amines is 1. The van der Waals surface area contributed by atoms with Gasteiger partial charge in [0.05, 0.1) is 12.4 Å². The second-order valence-electron chi connectivity index (χ2n) is 4.18. The average molecular weight is 277 g/mol. The van der Waals surface area contributed by atoms with E-state index in [0.29, 0.717) is 5.56 Å². The SMILES string of the molecule is CC(NC(=O)c1nc[nH]c1C(=O)O)c1cccc(F)c1. The number of nitrogens with one attached hydrogen (secondary N) is 2. The monoisotopic (exact) mass is 277 g/mol. The summed E-state index contributed by atoms with van der Waals surface area (Å²) in [6.45, 7) is 1.67. The molecule has 0 fully saturated rings. The summed E-state index contributed by atoms with van der Waals surface area (Å²) < 4.78 is 13.1. The van der Waals surface area contributed by atoms with Gasteiger partial charge in [-0.05, 0) is 24.6 Å². The number of H-pyrrole nitrogens is 1. The molecule has 1 atom stereocenters. The van der Waals surface area contributed by atoms with Gasteiger partial charge in [-0.3, -0.25) is 4.79 Å². The van der Waals surface area contributed by atoms with E-state index in [1.807, 2.05) is 0 Å². The van der Waals surface area contributed by atoms with Crippen LogP contribution < -0.4 is 5.32 Å². The first-order chi connectivity index (χ1) is 9.49. The minimum absolute atomic E-state index is 0.208. The molecule has 0 saturated carbocycles. The van der Waals surface area contributed by atoms with Crippen molar-refractivity contribution in [2.75, 3.05) is 0 Å². The van der Waals surface area contributed by atoms with Crippen LogP contribution >= 0.6 is 0 Å². The van der Waals surface area contributed by atoms with Crippen molar-refractivity contribution in [2.24, 2.45) is 0 Å². The number of carbonyl (C=O) groups is 2. The van der Waals surface area contributed by atoms with Crippen LogP contribution in [0.1, 0.15) is 39.5 Å². The lowest BCUT2D eigenvalue weighted by Crippen LogP contribution is -2.28. The van der Waals surface area contributed by atoms with Crippen LogP contribution in [-0.2, 0) is 0 Å². The molecular weight excluding hydrogens is 265 g/mol. The zero-order valence-corrected chi connectivity index (χ0v) is 10.6. The maximum absolute atomic E-state index is 13.1. The highest BCUT2D eigenvalue weighted by molar-refractivity contribution is 6.02. The molecule has 0 aliphatic carbocycles. The second-order valence-corrected chi connectivity index (χ2v) is 4.18. The summed E-state index contributed by atoms with van der Waals surface area (Å²) in [4.78, 5) is 28.9. The minimum atomic E-state index is -1.27. The van der Waals surface area contributed by atoms with Crippen molar-refractivity contribution >= 4 is 11.9 Å². The van der Waals surface area contributed by atoms with E-state index in [1.165, 1.54) is 18.2 Å². The molecule has 1 unspecified atom stereocenters. The lowest BCUT2D eigenvalue weighted by atomic mass is 10.1. The van der Waals surface area contributed by atoms with Crippen LogP contribution in [0.25, 0.3) is 0 Å². The second kappa shape index (κ2) is 5.52. The van der Waals surface area contributed by atoms with Gasteiger partial charge in [-0.15, -0.1) is 0 Å². The summed E-state index contributed by atoms with van der Waals surface area (Å²) in [5.74, 6) is -2.32. The van der Waals surface area contributed by atoms with E-state index < -0.39 is 23.7 Å². The molecule has 7 heteroatoms. The standard InChI is InChI=1S/C13H12FN3O3/c1-7(8-3-2-4-9(14)5-8)17-12(18)10-11(13(19)20)16-6-15-10/h2-7H,1H3,(H,15,16)(H,17,18)(H,19,20). The number of hydrogen-bond donors (Lipinski definition) is 3. The Balaban J connectivity index is 2.15. The summed E-state index contributed by atoms with van der Waals surface area (Å²) >= 11 is 0. The minimum Gasteiger partial charge on any atom is -0.477 e. The quantitative estimate of drug-likeness (QED) is 0.793. The molecule has 2 aromatic rings. The fourth-order valence-corrected chi connectivity index (χ4v) is 1.75. The van der Waals surface area contributed by atoms with Gasteiger partial charge in [0.15, 0.2) is 11.4 Å². The van der Waals surface area contributed by atoms with Crippen LogP contribution in [0.2, 0.25) is 0 Å². The van der Waals surface area contributed by atoms with Crippen molar-refractivity contribution in [3.05, 3.63) is 53.4 Å². The number of nitrogens with zero attached hydrogens (tertiary/aromatic N) is 1. The Morgan fingerprint density at radius 3 is 2.85 bits per heavy atom. The molecule has 1 aromatic carbocycles. The molecule has 0 radical (unpaired) electrons. The van der Waals surface area contributed by atoms with Gasteiger partial charge in [-0.25, -0.2) is 14.2 Å². The largest absolute Gasteiger partial charge is 0.477 e. The van der Waals surface area contributed by atoms with Crippen molar-refractivity contribution in [3.63, 3.8) is 0 Å². The first-order valence-corrected chi connectivity index (χ1v) is 5.82. The molecule has 104 valence electrons. The first-order valence-electron chi connectivity index (χ1n) is 5.82. The zero-order valence-electron chi connectivity index (χ0n) is 10.6.